The number of anilines is 2. The second kappa shape index (κ2) is 7.63. The lowest BCUT2D eigenvalue weighted by Crippen LogP contribution is -2.39. The molecule has 9 heteroatoms. The fraction of sp³-hybridized carbons (Fsp3) is 0.200. The lowest BCUT2D eigenvalue weighted by molar-refractivity contribution is -0.119. The molecular weight excluding hydrogens is 372 g/mol. The molecule has 29 heavy (non-hydrogen) atoms. The molecule has 2 atom stereocenters. The van der Waals surface area contributed by atoms with E-state index in [4.69, 9.17) is 9.47 Å². The Balaban J connectivity index is 1.72. The summed E-state index contributed by atoms with van der Waals surface area (Å²) in [6, 6.07) is 14.2. The van der Waals surface area contributed by atoms with Crippen LogP contribution in [0, 0.1) is 5.92 Å². The highest BCUT2D eigenvalue weighted by molar-refractivity contribution is 5.96. The molecule has 1 aliphatic rings. The highest BCUT2D eigenvalue weighted by Gasteiger charge is 2.40. The SMILES string of the molecule is C=C1Nc2nnnn2C(c2ccc(OC)cc2)C1C(=O)Nc1ccccc1OC. The number of tetrazole rings is 1. The number of ether oxygens (including phenoxy) is 2. The number of methoxy groups -OCH3 is 2. The Morgan fingerprint density at radius 3 is 2.62 bits per heavy atom. The minimum absolute atomic E-state index is 0.256. The van der Waals surface area contributed by atoms with Gasteiger partial charge < -0.3 is 20.1 Å². The van der Waals surface area contributed by atoms with Crippen molar-refractivity contribution in [3.05, 3.63) is 66.4 Å². The minimum Gasteiger partial charge on any atom is -0.497 e. The van der Waals surface area contributed by atoms with Crippen LogP contribution in [0.5, 0.6) is 11.5 Å². The zero-order chi connectivity index (χ0) is 20.4. The normalized spacial score (nSPS) is 17.8. The van der Waals surface area contributed by atoms with Gasteiger partial charge in [0, 0.05) is 5.70 Å². The number of fused-ring (bicyclic) bond motifs is 1. The summed E-state index contributed by atoms with van der Waals surface area (Å²) < 4.78 is 12.2. The van der Waals surface area contributed by atoms with Gasteiger partial charge in [0.25, 0.3) is 0 Å². The Labute approximate surface area is 167 Å². The second-order valence-corrected chi connectivity index (χ2v) is 6.48. The smallest absolute Gasteiger partial charge is 0.247 e. The van der Waals surface area contributed by atoms with Crippen molar-refractivity contribution < 1.29 is 14.3 Å². The lowest BCUT2D eigenvalue weighted by Gasteiger charge is -2.33. The molecule has 9 nitrogen and oxygen atoms in total. The highest BCUT2D eigenvalue weighted by Crippen LogP contribution is 2.38. The van der Waals surface area contributed by atoms with Crippen LogP contribution in [0.4, 0.5) is 11.6 Å². The number of para-hydroxylation sites is 2. The average Bonchev–Trinajstić information content (AvgIpc) is 3.21. The van der Waals surface area contributed by atoms with E-state index in [1.165, 1.54) is 0 Å². The van der Waals surface area contributed by atoms with Gasteiger partial charge in [-0.2, -0.15) is 0 Å². The molecule has 2 heterocycles. The fourth-order valence-electron chi connectivity index (χ4n) is 3.41. The van der Waals surface area contributed by atoms with Crippen molar-refractivity contribution in [1.29, 1.82) is 0 Å². The summed E-state index contributed by atoms with van der Waals surface area (Å²) >= 11 is 0. The van der Waals surface area contributed by atoms with E-state index in [-0.39, 0.29) is 5.91 Å². The molecule has 0 spiro atoms. The molecule has 4 rings (SSSR count). The Kier molecular flexibility index (Phi) is 4.86. The third-order valence-corrected chi connectivity index (χ3v) is 4.82. The van der Waals surface area contributed by atoms with Crippen LogP contribution in [-0.2, 0) is 4.79 Å². The third-order valence-electron chi connectivity index (χ3n) is 4.82. The van der Waals surface area contributed by atoms with Crippen molar-refractivity contribution >= 4 is 17.5 Å². The summed E-state index contributed by atoms with van der Waals surface area (Å²) in [6.07, 6.45) is 0. The van der Waals surface area contributed by atoms with Gasteiger partial charge in [0.05, 0.1) is 25.9 Å². The van der Waals surface area contributed by atoms with Crippen molar-refractivity contribution in [3.63, 3.8) is 0 Å². The van der Waals surface area contributed by atoms with Crippen LogP contribution in [0.1, 0.15) is 11.6 Å². The maximum absolute atomic E-state index is 13.3. The number of hydrogen-bond acceptors (Lipinski definition) is 7. The number of carbonyl (C=O) groups is 1. The number of rotatable bonds is 5. The Hall–Kier alpha value is -3.88. The maximum atomic E-state index is 13.3. The molecule has 0 saturated heterocycles. The molecular formula is C20H20N6O3. The van der Waals surface area contributed by atoms with Crippen LogP contribution in [0.25, 0.3) is 0 Å². The van der Waals surface area contributed by atoms with E-state index in [9.17, 15) is 4.79 Å². The standard InChI is InChI=1S/C20H20N6O3/c1-12-17(19(27)22-15-6-4-5-7-16(15)29-3)18(26-20(21-12)23-24-25-26)13-8-10-14(28-2)11-9-13/h4-11,17-18H,1H2,2-3H3,(H,22,27)(H,21,23,25). The number of benzene rings is 2. The van der Waals surface area contributed by atoms with E-state index in [1.807, 2.05) is 36.4 Å². The number of nitrogens with zero attached hydrogens (tertiary/aromatic N) is 4. The van der Waals surface area contributed by atoms with Crippen molar-refractivity contribution in [2.75, 3.05) is 24.9 Å². The maximum Gasteiger partial charge on any atom is 0.247 e. The fourth-order valence-corrected chi connectivity index (χ4v) is 3.41. The number of amides is 1. The van der Waals surface area contributed by atoms with Crippen LogP contribution in [0.15, 0.2) is 60.8 Å². The Bertz CT molecular complexity index is 1050. The average molecular weight is 392 g/mol. The van der Waals surface area contributed by atoms with Gasteiger partial charge in [-0.1, -0.05) is 35.9 Å². The van der Waals surface area contributed by atoms with Crippen LogP contribution < -0.4 is 20.1 Å². The minimum atomic E-state index is -0.663. The first-order chi connectivity index (χ1) is 14.1. The van der Waals surface area contributed by atoms with Gasteiger partial charge in [0.15, 0.2) is 0 Å². The summed E-state index contributed by atoms with van der Waals surface area (Å²) in [5.41, 5.74) is 1.92. The molecule has 148 valence electrons. The molecule has 1 aromatic heterocycles. The van der Waals surface area contributed by atoms with Gasteiger partial charge in [-0.15, -0.1) is 0 Å². The molecule has 0 saturated carbocycles. The summed E-state index contributed by atoms with van der Waals surface area (Å²) in [5, 5.41) is 17.8. The van der Waals surface area contributed by atoms with Gasteiger partial charge >= 0.3 is 0 Å². The molecule has 2 N–H and O–H groups in total. The van der Waals surface area contributed by atoms with E-state index in [1.54, 1.807) is 31.0 Å². The second-order valence-electron chi connectivity index (χ2n) is 6.48. The highest BCUT2D eigenvalue weighted by atomic mass is 16.5. The zero-order valence-corrected chi connectivity index (χ0v) is 16.0. The number of aromatic nitrogens is 4. The molecule has 2 unspecified atom stereocenters. The van der Waals surface area contributed by atoms with Gasteiger partial charge in [-0.25, -0.2) is 4.68 Å². The number of hydrogen-bond donors (Lipinski definition) is 2. The predicted octanol–water partition coefficient (Wildman–Crippen LogP) is 2.47. The van der Waals surface area contributed by atoms with E-state index < -0.39 is 12.0 Å². The molecule has 1 aliphatic heterocycles. The summed E-state index contributed by atoms with van der Waals surface area (Å²) in [4.78, 5) is 13.3. The quantitative estimate of drug-likeness (QED) is 0.687. The number of nitrogens with one attached hydrogen (secondary N) is 2. The first kappa shape index (κ1) is 18.5. The van der Waals surface area contributed by atoms with E-state index in [0.717, 1.165) is 5.56 Å². The van der Waals surface area contributed by atoms with Crippen LogP contribution in [0.2, 0.25) is 0 Å². The molecule has 2 aromatic carbocycles. The van der Waals surface area contributed by atoms with Crippen LogP contribution in [0.3, 0.4) is 0 Å². The Morgan fingerprint density at radius 1 is 1.14 bits per heavy atom. The summed E-state index contributed by atoms with van der Waals surface area (Å²) in [6.45, 7) is 4.05. The molecule has 0 bridgehead atoms. The summed E-state index contributed by atoms with van der Waals surface area (Å²) in [7, 11) is 3.16. The van der Waals surface area contributed by atoms with Crippen molar-refractivity contribution in [2.45, 2.75) is 6.04 Å². The van der Waals surface area contributed by atoms with Crippen molar-refractivity contribution in [1.82, 2.24) is 20.2 Å². The van der Waals surface area contributed by atoms with Gasteiger partial charge in [-0.05, 0) is 40.3 Å². The molecule has 0 radical (unpaired) electrons. The first-order valence-corrected chi connectivity index (χ1v) is 8.94. The molecule has 3 aromatic rings. The van der Waals surface area contributed by atoms with E-state index >= 15 is 0 Å². The zero-order valence-electron chi connectivity index (χ0n) is 16.0. The van der Waals surface area contributed by atoms with Crippen molar-refractivity contribution in [2.24, 2.45) is 5.92 Å². The van der Waals surface area contributed by atoms with E-state index in [2.05, 4.69) is 32.7 Å². The topological polar surface area (TPSA) is 103 Å². The first-order valence-electron chi connectivity index (χ1n) is 8.94. The molecule has 0 aliphatic carbocycles. The molecule has 1 amide bonds. The van der Waals surface area contributed by atoms with Gasteiger partial charge in [-0.3, -0.25) is 4.79 Å². The monoisotopic (exact) mass is 392 g/mol. The summed E-state index contributed by atoms with van der Waals surface area (Å²) in [5.74, 6) is 0.795. The van der Waals surface area contributed by atoms with Crippen LogP contribution >= 0.6 is 0 Å². The lowest BCUT2D eigenvalue weighted by atomic mass is 9.88. The largest absolute Gasteiger partial charge is 0.497 e. The third kappa shape index (κ3) is 3.38. The van der Waals surface area contributed by atoms with Gasteiger partial charge in [0.2, 0.25) is 11.9 Å². The number of carbonyl (C=O) groups excluding carboxylic acids is 1. The molecule has 0 fully saturated rings. The van der Waals surface area contributed by atoms with E-state index in [0.29, 0.717) is 28.8 Å². The van der Waals surface area contributed by atoms with Gasteiger partial charge in [0.1, 0.15) is 17.4 Å². The predicted molar refractivity (Wildman–Crippen MR) is 107 cm³/mol. The van der Waals surface area contributed by atoms with Crippen LogP contribution in [-0.4, -0.2) is 40.3 Å². The van der Waals surface area contributed by atoms with Crippen molar-refractivity contribution in [3.8, 4) is 11.5 Å². The Morgan fingerprint density at radius 2 is 1.90 bits per heavy atom.